The normalized spacial score (nSPS) is 16.2. The van der Waals surface area contributed by atoms with E-state index < -0.39 is 0 Å². The quantitative estimate of drug-likeness (QED) is 0.631. The second kappa shape index (κ2) is 7.87. The summed E-state index contributed by atoms with van der Waals surface area (Å²) < 4.78 is 0. The third-order valence-corrected chi connectivity index (χ3v) is 5.78. The third kappa shape index (κ3) is 4.14. The van der Waals surface area contributed by atoms with Gasteiger partial charge in [0, 0.05) is 13.1 Å². The maximum Gasteiger partial charge on any atom is 0.201 e. The Balaban J connectivity index is 1.26. The molecule has 0 radical (unpaired) electrons. The summed E-state index contributed by atoms with van der Waals surface area (Å²) in [4.78, 5) is 10.4. The van der Waals surface area contributed by atoms with E-state index in [0.717, 1.165) is 43.2 Å². The molecule has 0 saturated carbocycles. The van der Waals surface area contributed by atoms with Crippen molar-refractivity contribution in [2.75, 3.05) is 25.0 Å². The van der Waals surface area contributed by atoms with Crippen molar-refractivity contribution in [1.82, 2.24) is 14.9 Å². The second-order valence-corrected chi connectivity index (χ2v) is 7.77. The summed E-state index contributed by atoms with van der Waals surface area (Å²) in [5.74, 6) is 1.54. The summed E-state index contributed by atoms with van der Waals surface area (Å²) in [6.45, 7) is 4.10. The smallest absolute Gasteiger partial charge is 0.201 e. The number of para-hydroxylation sites is 2. The van der Waals surface area contributed by atoms with E-state index in [1.54, 1.807) is 0 Å². The molecule has 2 heterocycles. The van der Waals surface area contributed by atoms with Crippen LogP contribution in [0.3, 0.4) is 0 Å². The van der Waals surface area contributed by atoms with Crippen molar-refractivity contribution in [2.24, 2.45) is 5.92 Å². The van der Waals surface area contributed by atoms with Gasteiger partial charge in [-0.3, -0.25) is 4.90 Å². The highest BCUT2D eigenvalue weighted by atomic mass is 35.5. The number of H-pyrrole nitrogens is 1. The maximum atomic E-state index is 6.12. The van der Waals surface area contributed by atoms with Gasteiger partial charge >= 0.3 is 0 Å². The van der Waals surface area contributed by atoms with Gasteiger partial charge in [-0.15, -0.1) is 0 Å². The monoisotopic (exact) mass is 388 g/mol. The van der Waals surface area contributed by atoms with E-state index in [0.29, 0.717) is 16.0 Å². The summed E-state index contributed by atoms with van der Waals surface area (Å²) in [5.41, 5.74) is 3.30. The fourth-order valence-corrected chi connectivity index (χ4v) is 3.84. The van der Waals surface area contributed by atoms with E-state index in [-0.39, 0.29) is 0 Å². The molecule has 136 valence electrons. The summed E-state index contributed by atoms with van der Waals surface area (Å²) in [6, 6.07) is 14.0. The SMILES string of the molecule is Clc1ccc(CN2CCC(CNc3nc4ccccc4[nH]3)CC2)cc1Cl. The van der Waals surface area contributed by atoms with Crippen LogP contribution in [0, 0.1) is 5.92 Å². The molecule has 0 aliphatic carbocycles. The van der Waals surface area contributed by atoms with Crippen molar-refractivity contribution < 1.29 is 0 Å². The molecular formula is C20H22Cl2N4. The number of nitrogens with one attached hydrogen (secondary N) is 2. The predicted molar refractivity (Wildman–Crippen MR) is 109 cm³/mol. The zero-order valence-corrected chi connectivity index (χ0v) is 16.0. The van der Waals surface area contributed by atoms with E-state index >= 15 is 0 Å². The van der Waals surface area contributed by atoms with Crippen LogP contribution in [0.2, 0.25) is 10.0 Å². The van der Waals surface area contributed by atoms with E-state index in [9.17, 15) is 0 Å². The number of hydrogen-bond acceptors (Lipinski definition) is 3. The van der Waals surface area contributed by atoms with E-state index in [2.05, 4.69) is 32.3 Å². The van der Waals surface area contributed by atoms with Gasteiger partial charge in [0.25, 0.3) is 0 Å². The largest absolute Gasteiger partial charge is 0.356 e. The number of rotatable bonds is 5. The number of imidazole rings is 1. The molecule has 4 rings (SSSR count). The Hall–Kier alpha value is -1.75. The fourth-order valence-electron chi connectivity index (χ4n) is 3.52. The lowest BCUT2D eigenvalue weighted by Gasteiger charge is -2.32. The number of halogens is 2. The molecule has 3 aromatic rings. The van der Waals surface area contributed by atoms with Crippen molar-refractivity contribution in [3.63, 3.8) is 0 Å². The minimum absolute atomic E-state index is 0.616. The van der Waals surface area contributed by atoms with Crippen LogP contribution in [-0.2, 0) is 6.54 Å². The molecule has 1 fully saturated rings. The highest BCUT2D eigenvalue weighted by Crippen LogP contribution is 2.25. The number of likely N-dealkylation sites (tertiary alicyclic amines) is 1. The average Bonchev–Trinajstić information content (AvgIpc) is 3.07. The van der Waals surface area contributed by atoms with Crippen LogP contribution in [0.4, 0.5) is 5.95 Å². The van der Waals surface area contributed by atoms with Gasteiger partial charge in [0.15, 0.2) is 0 Å². The number of anilines is 1. The molecule has 0 atom stereocenters. The topological polar surface area (TPSA) is 44.0 Å². The first-order valence-electron chi connectivity index (χ1n) is 9.02. The van der Waals surface area contributed by atoms with Crippen molar-refractivity contribution in [2.45, 2.75) is 19.4 Å². The average molecular weight is 389 g/mol. The first-order chi connectivity index (χ1) is 12.7. The maximum absolute atomic E-state index is 6.12. The summed E-state index contributed by atoms with van der Waals surface area (Å²) >= 11 is 12.1. The Morgan fingerprint density at radius 2 is 1.88 bits per heavy atom. The van der Waals surface area contributed by atoms with Crippen LogP contribution in [0.5, 0.6) is 0 Å². The molecular weight excluding hydrogens is 367 g/mol. The van der Waals surface area contributed by atoms with Crippen molar-refractivity contribution in [3.8, 4) is 0 Å². The summed E-state index contributed by atoms with van der Waals surface area (Å²) in [5, 5.41) is 4.71. The summed E-state index contributed by atoms with van der Waals surface area (Å²) in [7, 11) is 0. The van der Waals surface area contributed by atoms with Gasteiger partial charge in [0.05, 0.1) is 21.1 Å². The molecule has 2 aromatic carbocycles. The second-order valence-electron chi connectivity index (χ2n) is 6.95. The third-order valence-electron chi connectivity index (χ3n) is 5.04. The first kappa shape index (κ1) is 17.7. The standard InChI is InChI=1S/C20H22Cl2N4/c21-16-6-5-15(11-17(16)22)13-26-9-7-14(8-10-26)12-23-20-24-18-3-1-2-4-19(18)25-20/h1-6,11,14H,7-10,12-13H2,(H2,23,24,25). The molecule has 2 N–H and O–H groups in total. The van der Waals surface area contributed by atoms with Gasteiger partial charge in [-0.2, -0.15) is 0 Å². The first-order valence-corrected chi connectivity index (χ1v) is 9.78. The number of fused-ring (bicyclic) bond motifs is 1. The molecule has 0 amide bonds. The Morgan fingerprint density at radius 3 is 2.65 bits per heavy atom. The van der Waals surface area contributed by atoms with E-state index in [1.165, 1.54) is 18.4 Å². The lowest BCUT2D eigenvalue weighted by Crippen LogP contribution is -2.35. The summed E-state index contributed by atoms with van der Waals surface area (Å²) in [6.07, 6.45) is 2.38. The van der Waals surface area contributed by atoms with Crippen LogP contribution in [0.25, 0.3) is 11.0 Å². The molecule has 1 aromatic heterocycles. The van der Waals surface area contributed by atoms with E-state index in [4.69, 9.17) is 23.2 Å². The Morgan fingerprint density at radius 1 is 1.08 bits per heavy atom. The number of nitrogens with zero attached hydrogens (tertiary/aromatic N) is 2. The number of aromatic amines is 1. The van der Waals surface area contributed by atoms with Crippen LogP contribution in [0.15, 0.2) is 42.5 Å². The van der Waals surface area contributed by atoms with Crippen LogP contribution in [-0.4, -0.2) is 34.5 Å². The highest BCUT2D eigenvalue weighted by molar-refractivity contribution is 6.42. The van der Waals surface area contributed by atoms with Crippen LogP contribution >= 0.6 is 23.2 Å². The molecule has 26 heavy (non-hydrogen) atoms. The molecule has 0 spiro atoms. The van der Waals surface area contributed by atoms with Crippen molar-refractivity contribution >= 4 is 40.2 Å². The van der Waals surface area contributed by atoms with Crippen molar-refractivity contribution in [3.05, 3.63) is 58.1 Å². The molecule has 1 aliphatic heterocycles. The van der Waals surface area contributed by atoms with Crippen molar-refractivity contribution in [1.29, 1.82) is 0 Å². The number of aromatic nitrogens is 2. The lowest BCUT2D eigenvalue weighted by atomic mass is 9.96. The fraction of sp³-hybridized carbons (Fsp3) is 0.350. The molecule has 6 heteroatoms. The predicted octanol–water partition coefficient (Wildman–Crippen LogP) is 5.19. The highest BCUT2D eigenvalue weighted by Gasteiger charge is 2.19. The number of benzene rings is 2. The van der Waals surface area contributed by atoms with Gasteiger partial charge in [0.2, 0.25) is 5.95 Å². The Kier molecular flexibility index (Phi) is 5.34. The molecule has 4 nitrogen and oxygen atoms in total. The van der Waals surface area contributed by atoms with Gasteiger partial charge in [0.1, 0.15) is 0 Å². The lowest BCUT2D eigenvalue weighted by molar-refractivity contribution is 0.182. The molecule has 1 aliphatic rings. The van der Waals surface area contributed by atoms with Crippen LogP contribution in [0.1, 0.15) is 18.4 Å². The Labute approximate surface area is 163 Å². The zero-order chi connectivity index (χ0) is 17.9. The minimum atomic E-state index is 0.616. The van der Waals surface area contributed by atoms with E-state index in [1.807, 2.05) is 30.3 Å². The van der Waals surface area contributed by atoms with Crippen LogP contribution < -0.4 is 5.32 Å². The molecule has 0 unspecified atom stereocenters. The number of piperidine rings is 1. The van der Waals surface area contributed by atoms with Gasteiger partial charge in [-0.05, 0) is 61.7 Å². The zero-order valence-electron chi connectivity index (χ0n) is 14.5. The van der Waals surface area contributed by atoms with Gasteiger partial charge < -0.3 is 10.3 Å². The van der Waals surface area contributed by atoms with Gasteiger partial charge in [-0.1, -0.05) is 41.4 Å². The molecule has 1 saturated heterocycles. The molecule has 0 bridgehead atoms. The van der Waals surface area contributed by atoms with Gasteiger partial charge in [-0.25, -0.2) is 4.98 Å². The minimum Gasteiger partial charge on any atom is -0.356 e. The Bertz CT molecular complexity index is 851. The number of hydrogen-bond donors (Lipinski definition) is 2.